The van der Waals surface area contributed by atoms with E-state index in [-0.39, 0.29) is 6.04 Å². The molecular weight excluding hydrogens is 174 g/mol. The fraction of sp³-hybridized carbons (Fsp3) is 0.167. The molecule has 0 spiro atoms. The van der Waals surface area contributed by atoms with Crippen LogP contribution in [0.4, 0.5) is 0 Å². The monoisotopic (exact) mass is 187 g/mol. The van der Waals surface area contributed by atoms with E-state index in [2.05, 4.69) is 0 Å². The molecule has 1 atom stereocenters. The van der Waals surface area contributed by atoms with Gasteiger partial charge in [0.25, 0.3) is 0 Å². The van der Waals surface area contributed by atoms with Gasteiger partial charge in [0.1, 0.15) is 5.75 Å². The van der Waals surface area contributed by atoms with Crippen molar-refractivity contribution in [1.29, 1.82) is 0 Å². The van der Waals surface area contributed by atoms with Gasteiger partial charge in [-0.1, -0.05) is 30.3 Å². The highest BCUT2D eigenvalue weighted by molar-refractivity contribution is 5.91. The molecule has 0 aliphatic carbocycles. The summed E-state index contributed by atoms with van der Waals surface area (Å²) in [6.07, 6.45) is 0. The van der Waals surface area contributed by atoms with E-state index in [1.807, 2.05) is 37.3 Å². The fourth-order valence-electron chi connectivity index (χ4n) is 1.70. The highest BCUT2D eigenvalue weighted by Crippen LogP contribution is 2.29. The Morgan fingerprint density at radius 3 is 2.36 bits per heavy atom. The van der Waals surface area contributed by atoms with Gasteiger partial charge in [-0.2, -0.15) is 0 Å². The van der Waals surface area contributed by atoms with E-state index in [0.717, 1.165) is 16.3 Å². The van der Waals surface area contributed by atoms with Gasteiger partial charge in [0.15, 0.2) is 0 Å². The van der Waals surface area contributed by atoms with Gasteiger partial charge in [-0.3, -0.25) is 0 Å². The molecule has 0 bridgehead atoms. The van der Waals surface area contributed by atoms with Crippen LogP contribution in [-0.2, 0) is 0 Å². The van der Waals surface area contributed by atoms with E-state index in [4.69, 9.17) is 5.73 Å². The van der Waals surface area contributed by atoms with Crippen molar-refractivity contribution in [3.05, 3.63) is 42.0 Å². The lowest BCUT2D eigenvalue weighted by molar-refractivity contribution is 0.481. The van der Waals surface area contributed by atoms with Crippen LogP contribution in [0.2, 0.25) is 0 Å². The molecule has 0 unspecified atom stereocenters. The quantitative estimate of drug-likeness (QED) is 0.720. The maximum absolute atomic E-state index is 9.64. The summed E-state index contributed by atoms with van der Waals surface area (Å²) >= 11 is 0. The summed E-state index contributed by atoms with van der Waals surface area (Å²) in [5.74, 6) is 0.310. The van der Waals surface area contributed by atoms with E-state index in [1.54, 1.807) is 6.07 Å². The van der Waals surface area contributed by atoms with Gasteiger partial charge in [0.05, 0.1) is 0 Å². The van der Waals surface area contributed by atoms with E-state index in [0.29, 0.717) is 5.75 Å². The molecule has 2 heteroatoms. The SMILES string of the molecule is C[C@@H](N)c1ccc(O)c2ccccc12. The van der Waals surface area contributed by atoms with Gasteiger partial charge in [-0.25, -0.2) is 0 Å². The van der Waals surface area contributed by atoms with Crippen LogP contribution in [0.1, 0.15) is 18.5 Å². The number of benzene rings is 2. The van der Waals surface area contributed by atoms with Crippen LogP contribution >= 0.6 is 0 Å². The fourth-order valence-corrected chi connectivity index (χ4v) is 1.70. The Kier molecular flexibility index (Phi) is 2.14. The Labute approximate surface area is 83.0 Å². The summed E-state index contributed by atoms with van der Waals surface area (Å²) < 4.78 is 0. The molecule has 0 saturated heterocycles. The third-order valence-electron chi connectivity index (χ3n) is 2.43. The predicted molar refractivity (Wildman–Crippen MR) is 58.2 cm³/mol. The number of phenols is 1. The van der Waals surface area contributed by atoms with Crippen molar-refractivity contribution in [3.63, 3.8) is 0 Å². The molecule has 0 fully saturated rings. The maximum atomic E-state index is 9.64. The normalized spacial score (nSPS) is 13.0. The van der Waals surface area contributed by atoms with Gasteiger partial charge in [-0.15, -0.1) is 0 Å². The number of nitrogens with two attached hydrogens (primary N) is 1. The number of phenolic OH excluding ortho intramolecular Hbond substituents is 1. The lowest BCUT2D eigenvalue weighted by Crippen LogP contribution is -2.05. The van der Waals surface area contributed by atoms with Gasteiger partial charge >= 0.3 is 0 Å². The minimum absolute atomic E-state index is 0.0134. The summed E-state index contributed by atoms with van der Waals surface area (Å²) in [5.41, 5.74) is 6.92. The van der Waals surface area contributed by atoms with Crippen LogP contribution < -0.4 is 5.73 Å². The van der Waals surface area contributed by atoms with E-state index >= 15 is 0 Å². The lowest BCUT2D eigenvalue weighted by Gasteiger charge is -2.10. The van der Waals surface area contributed by atoms with Crippen molar-refractivity contribution in [2.75, 3.05) is 0 Å². The first kappa shape index (κ1) is 9.03. The minimum Gasteiger partial charge on any atom is -0.507 e. The second-order valence-electron chi connectivity index (χ2n) is 3.51. The van der Waals surface area contributed by atoms with Crippen molar-refractivity contribution in [2.24, 2.45) is 5.73 Å². The molecular formula is C12H13NO. The molecule has 0 aliphatic rings. The number of aromatic hydroxyl groups is 1. The molecule has 2 rings (SSSR count). The van der Waals surface area contributed by atoms with E-state index < -0.39 is 0 Å². The first-order chi connectivity index (χ1) is 6.70. The van der Waals surface area contributed by atoms with Crippen molar-refractivity contribution >= 4 is 10.8 Å². The number of hydrogen-bond donors (Lipinski definition) is 2. The standard InChI is InChI=1S/C12H13NO/c1-8(13)9-6-7-12(14)11-5-3-2-4-10(9)11/h2-8,14H,13H2,1H3/t8-/m1/s1. The third-order valence-corrected chi connectivity index (χ3v) is 2.43. The highest BCUT2D eigenvalue weighted by atomic mass is 16.3. The molecule has 14 heavy (non-hydrogen) atoms. The van der Waals surface area contributed by atoms with Crippen LogP contribution in [-0.4, -0.2) is 5.11 Å². The van der Waals surface area contributed by atoms with Gasteiger partial charge < -0.3 is 10.8 Å². The smallest absolute Gasteiger partial charge is 0.123 e. The first-order valence-corrected chi connectivity index (χ1v) is 4.66. The lowest BCUT2D eigenvalue weighted by atomic mass is 9.99. The Morgan fingerprint density at radius 1 is 1.07 bits per heavy atom. The minimum atomic E-state index is -0.0134. The van der Waals surface area contributed by atoms with Crippen LogP contribution in [0.25, 0.3) is 10.8 Å². The highest BCUT2D eigenvalue weighted by Gasteiger charge is 2.06. The molecule has 0 aromatic heterocycles. The Morgan fingerprint density at radius 2 is 1.71 bits per heavy atom. The summed E-state index contributed by atoms with van der Waals surface area (Å²) in [7, 11) is 0. The Balaban J connectivity index is 2.82. The first-order valence-electron chi connectivity index (χ1n) is 4.66. The molecule has 0 saturated carbocycles. The van der Waals surface area contributed by atoms with Crippen molar-refractivity contribution in [3.8, 4) is 5.75 Å². The Hall–Kier alpha value is -1.54. The van der Waals surface area contributed by atoms with Crippen LogP contribution in [0.5, 0.6) is 5.75 Å². The zero-order valence-corrected chi connectivity index (χ0v) is 8.07. The number of rotatable bonds is 1. The summed E-state index contributed by atoms with van der Waals surface area (Å²) in [5, 5.41) is 11.5. The van der Waals surface area contributed by atoms with Crippen LogP contribution in [0.3, 0.4) is 0 Å². The van der Waals surface area contributed by atoms with E-state index in [1.165, 1.54) is 0 Å². The van der Waals surface area contributed by atoms with Crippen molar-refractivity contribution in [2.45, 2.75) is 13.0 Å². The van der Waals surface area contributed by atoms with Gasteiger partial charge in [0.2, 0.25) is 0 Å². The molecule has 0 radical (unpaired) electrons. The third kappa shape index (κ3) is 1.34. The van der Waals surface area contributed by atoms with Crippen molar-refractivity contribution in [1.82, 2.24) is 0 Å². The van der Waals surface area contributed by atoms with Gasteiger partial charge in [-0.05, 0) is 23.9 Å². The molecule has 0 aliphatic heterocycles. The molecule has 2 aromatic rings. The summed E-state index contributed by atoms with van der Waals surface area (Å²) in [6.45, 7) is 1.94. The molecule has 0 amide bonds. The largest absolute Gasteiger partial charge is 0.507 e. The molecule has 2 aromatic carbocycles. The molecule has 72 valence electrons. The average molecular weight is 187 g/mol. The second-order valence-corrected chi connectivity index (χ2v) is 3.51. The van der Waals surface area contributed by atoms with E-state index in [9.17, 15) is 5.11 Å². The van der Waals surface area contributed by atoms with Crippen molar-refractivity contribution < 1.29 is 5.11 Å². The Bertz CT molecular complexity index is 463. The average Bonchev–Trinajstić information content (AvgIpc) is 2.18. The summed E-state index contributed by atoms with van der Waals surface area (Å²) in [4.78, 5) is 0. The van der Waals surface area contributed by atoms with Crippen LogP contribution in [0.15, 0.2) is 36.4 Å². The number of hydrogen-bond acceptors (Lipinski definition) is 2. The zero-order valence-electron chi connectivity index (χ0n) is 8.07. The maximum Gasteiger partial charge on any atom is 0.123 e. The predicted octanol–water partition coefficient (Wildman–Crippen LogP) is 2.57. The number of fused-ring (bicyclic) bond motifs is 1. The zero-order chi connectivity index (χ0) is 10.1. The topological polar surface area (TPSA) is 46.2 Å². The van der Waals surface area contributed by atoms with Gasteiger partial charge in [0, 0.05) is 11.4 Å². The molecule has 0 heterocycles. The summed E-state index contributed by atoms with van der Waals surface area (Å²) in [6, 6.07) is 11.3. The van der Waals surface area contributed by atoms with Crippen LogP contribution in [0, 0.1) is 0 Å². The second kappa shape index (κ2) is 3.31. The molecule has 2 nitrogen and oxygen atoms in total. The molecule has 3 N–H and O–H groups in total.